The first-order valence-electron chi connectivity index (χ1n) is 10.00. The third-order valence-corrected chi connectivity index (χ3v) is 6.85. The number of likely N-dealkylation sites (tertiary alicyclic amines) is 1. The number of rotatable bonds is 5. The topological polar surface area (TPSA) is 80.1 Å². The van der Waals surface area contributed by atoms with Gasteiger partial charge in [-0.3, -0.25) is 9.59 Å². The van der Waals surface area contributed by atoms with Crippen molar-refractivity contribution < 1.29 is 9.59 Å². The molecule has 150 valence electrons. The number of carbonyl (C=O) groups is 2. The SMILES string of the molecule is CC(C)CNC(=O)c1cn(C2CCC23CCN(C(=O)c2ccsc2)CC3)nn1. The second kappa shape index (κ2) is 7.66. The van der Waals surface area contributed by atoms with E-state index in [1.165, 1.54) is 0 Å². The fourth-order valence-electron chi connectivity index (χ4n) is 4.32. The monoisotopic (exact) mass is 401 g/mol. The molecule has 3 heterocycles. The molecule has 2 amide bonds. The summed E-state index contributed by atoms with van der Waals surface area (Å²) in [7, 11) is 0. The number of piperidine rings is 1. The van der Waals surface area contributed by atoms with Crippen molar-refractivity contribution in [2.75, 3.05) is 19.6 Å². The fourth-order valence-corrected chi connectivity index (χ4v) is 4.95. The van der Waals surface area contributed by atoms with Gasteiger partial charge in [0, 0.05) is 25.0 Å². The van der Waals surface area contributed by atoms with Gasteiger partial charge < -0.3 is 10.2 Å². The normalized spacial score (nSPS) is 21.0. The van der Waals surface area contributed by atoms with Gasteiger partial charge in [-0.25, -0.2) is 4.68 Å². The van der Waals surface area contributed by atoms with Gasteiger partial charge in [0.05, 0.1) is 17.8 Å². The van der Waals surface area contributed by atoms with Gasteiger partial charge in [0.2, 0.25) is 0 Å². The quantitative estimate of drug-likeness (QED) is 0.835. The summed E-state index contributed by atoms with van der Waals surface area (Å²) in [6, 6.07) is 2.16. The lowest BCUT2D eigenvalue weighted by molar-refractivity contribution is -0.0268. The molecule has 2 aromatic heterocycles. The second-order valence-corrected chi connectivity index (χ2v) is 9.19. The Balaban J connectivity index is 1.38. The third-order valence-electron chi connectivity index (χ3n) is 6.17. The molecule has 1 atom stereocenters. The van der Waals surface area contributed by atoms with Crippen LogP contribution in [-0.4, -0.2) is 51.3 Å². The number of hydrogen-bond donors (Lipinski definition) is 1. The first-order valence-corrected chi connectivity index (χ1v) is 10.9. The number of amides is 2. The number of aromatic nitrogens is 3. The van der Waals surface area contributed by atoms with E-state index >= 15 is 0 Å². The molecule has 1 aliphatic heterocycles. The minimum atomic E-state index is -0.162. The molecule has 2 aromatic rings. The van der Waals surface area contributed by atoms with Crippen LogP contribution in [0.2, 0.25) is 0 Å². The largest absolute Gasteiger partial charge is 0.350 e. The molecule has 1 spiro atoms. The molecule has 0 bridgehead atoms. The predicted octanol–water partition coefficient (Wildman–Crippen LogP) is 2.98. The maximum Gasteiger partial charge on any atom is 0.273 e. The summed E-state index contributed by atoms with van der Waals surface area (Å²) in [6.07, 6.45) is 5.93. The molecular weight excluding hydrogens is 374 g/mol. The lowest BCUT2D eigenvalue weighted by atomic mass is 9.59. The van der Waals surface area contributed by atoms with Crippen molar-refractivity contribution in [3.05, 3.63) is 34.3 Å². The zero-order valence-electron chi connectivity index (χ0n) is 16.4. The van der Waals surface area contributed by atoms with Crippen molar-refractivity contribution in [3.63, 3.8) is 0 Å². The summed E-state index contributed by atoms with van der Waals surface area (Å²) in [5, 5.41) is 15.1. The van der Waals surface area contributed by atoms with Crippen LogP contribution in [0.4, 0.5) is 0 Å². The molecule has 1 N–H and O–H groups in total. The zero-order valence-corrected chi connectivity index (χ0v) is 17.2. The number of nitrogens with zero attached hydrogens (tertiary/aromatic N) is 4. The molecule has 2 aliphatic rings. The Hall–Kier alpha value is -2.22. The van der Waals surface area contributed by atoms with Crippen LogP contribution in [0, 0.1) is 11.3 Å². The molecule has 2 fully saturated rings. The molecule has 1 saturated carbocycles. The molecule has 1 unspecified atom stereocenters. The van der Waals surface area contributed by atoms with Crippen LogP contribution in [0.25, 0.3) is 0 Å². The van der Waals surface area contributed by atoms with E-state index in [1.54, 1.807) is 17.5 Å². The maximum atomic E-state index is 12.6. The summed E-state index contributed by atoms with van der Waals surface area (Å²) < 4.78 is 1.88. The van der Waals surface area contributed by atoms with Gasteiger partial charge in [-0.15, -0.1) is 5.10 Å². The number of hydrogen-bond acceptors (Lipinski definition) is 5. The van der Waals surface area contributed by atoms with E-state index in [2.05, 4.69) is 29.5 Å². The van der Waals surface area contributed by atoms with E-state index in [-0.39, 0.29) is 23.3 Å². The smallest absolute Gasteiger partial charge is 0.273 e. The van der Waals surface area contributed by atoms with Crippen LogP contribution in [-0.2, 0) is 0 Å². The first kappa shape index (κ1) is 19.1. The highest BCUT2D eigenvalue weighted by molar-refractivity contribution is 7.08. The standard InChI is InChI=1S/C20H27N5O2S/c1-14(2)11-21-18(26)16-12-25(23-22-16)17-3-5-20(17)6-8-24(9-7-20)19(27)15-4-10-28-13-15/h4,10,12-14,17H,3,5-9,11H2,1-2H3,(H,21,26). The molecule has 1 saturated heterocycles. The molecule has 28 heavy (non-hydrogen) atoms. The van der Waals surface area contributed by atoms with Crippen molar-refractivity contribution in [1.82, 2.24) is 25.2 Å². The van der Waals surface area contributed by atoms with Gasteiger partial charge in [0.15, 0.2) is 5.69 Å². The number of carbonyl (C=O) groups excluding carboxylic acids is 2. The highest BCUT2D eigenvalue weighted by Gasteiger charge is 2.50. The Morgan fingerprint density at radius 1 is 1.32 bits per heavy atom. The number of nitrogens with one attached hydrogen (secondary N) is 1. The highest BCUT2D eigenvalue weighted by Crippen LogP contribution is 2.56. The van der Waals surface area contributed by atoms with E-state index in [4.69, 9.17) is 0 Å². The second-order valence-electron chi connectivity index (χ2n) is 8.41. The Morgan fingerprint density at radius 3 is 2.71 bits per heavy atom. The van der Waals surface area contributed by atoms with Crippen LogP contribution < -0.4 is 5.32 Å². The first-order chi connectivity index (χ1) is 13.5. The van der Waals surface area contributed by atoms with Crippen molar-refractivity contribution in [2.45, 2.75) is 45.6 Å². The van der Waals surface area contributed by atoms with Crippen molar-refractivity contribution in [2.24, 2.45) is 11.3 Å². The molecule has 0 radical (unpaired) electrons. The van der Waals surface area contributed by atoms with Gasteiger partial charge >= 0.3 is 0 Å². The summed E-state index contributed by atoms with van der Waals surface area (Å²) in [6.45, 7) is 6.31. The van der Waals surface area contributed by atoms with E-state index in [0.29, 0.717) is 18.2 Å². The van der Waals surface area contributed by atoms with E-state index in [9.17, 15) is 9.59 Å². The minimum absolute atomic E-state index is 0.136. The Labute approximate surface area is 169 Å². The summed E-state index contributed by atoms with van der Waals surface area (Å²) in [5.74, 6) is 0.372. The van der Waals surface area contributed by atoms with E-state index in [1.807, 2.05) is 26.4 Å². The van der Waals surface area contributed by atoms with E-state index < -0.39 is 0 Å². The lowest BCUT2D eigenvalue weighted by Gasteiger charge is -2.53. The van der Waals surface area contributed by atoms with Gasteiger partial charge in [0.25, 0.3) is 11.8 Å². The van der Waals surface area contributed by atoms with Crippen LogP contribution in [0.15, 0.2) is 23.0 Å². The summed E-state index contributed by atoms with van der Waals surface area (Å²) >= 11 is 1.56. The van der Waals surface area contributed by atoms with E-state index in [0.717, 1.165) is 44.3 Å². The average molecular weight is 402 g/mol. The van der Waals surface area contributed by atoms with Gasteiger partial charge in [-0.2, -0.15) is 11.3 Å². The maximum absolute atomic E-state index is 12.6. The van der Waals surface area contributed by atoms with Crippen LogP contribution in [0.5, 0.6) is 0 Å². The Bertz CT molecular complexity index is 837. The third kappa shape index (κ3) is 3.57. The van der Waals surface area contributed by atoms with Crippen molar-refractivity contribution in [3.8, 4) is 0 Å². The Morgan fingerprint density at radius 2 is 2.11 bits per heavy atom. The Kier molecular flexibility index (Phi) is 5.23. The molecule has 1 aliphatic carbocycles. The van der Waals surface area contributed by atoms with Crippen LogP contribution in [0.3, 0.4) is 0 Å². The zero-order chi connectivity index (χ0) is 19.7. The molecular formula is C20H27N5O2S. The number of thiophene rings is 1. The molecule has 8 heteroatoms. The molecule has 4 rings (SSSR count). The molecule has 0 aromatic carbocycles. The summed E-state index contributed by atoms with van der Waals surface area (Å²) in [4.78, 5) is 26.8. The minimum Gasteiger partial charge on any atom is -0.350 e. The fraction of sp³-hybridized carbons (Fsp3) is 0.600. The predicted molar refractivity (Wildman–Crippen MR) is 107 cm³/mol. The summed E-state index contributed by atoms with van der Waals surface area (Å²) in [5.41, 5.74) is 1.34. The van der Waals surface area contributed by atoms with Crippen LogP contribution in [0.1, 0.15) is 66.4 Å². The average Bonchev–Trinajstić information content (AvgIpc) is 3.37. The van der Waals surface area contributed by atoms with Crippen molar-refractivity contribution in [1.29, 1.82) is 0 Å². The van der Waals surface area contributed by atoms with Gasteiger partial charge in [-0.05, 0) is 48.5 Å². The van der Waals surface area contributed by atoms with Gasteiger partial charge in [0.1, 0.15) is 0 Å². The van der Waals surface area contributed by atoms with Crippen molar-refractivity contribution >= 4 is 23.2 Å². The molecule has 7 nitrogen and oxygen atoms in total. The van der Waals surface area contributed by atoms with Gasteiger partial charge in [-0.1, -0.05) is 19.1 Å². The van der Waals surface area contributed by atoms with Crippen LogP contribution >= 0.6 is 11.3 Å². The lowest BCUT2D eigenvalue weighted by Crippen LogP contribution is -2.51. The highest BCUT2D eigenvalue weighted by atomic mass is 32.1.